The molecule has 0 aromatic heterocycles. The Morgan fingerprint density at radius 1 is 1.13 bits per heavy atom. The van der Waals surface area contributed by atoms with Crippen LogP contribution in [0.4, 0.5) is 11.4 Å². The molecule has 0 saturated carbocycles. The van der Waals surface area contributed by atoms with Crippen LogP contribution in [0, 0.1) is 30.3 Å². The van der Waals surface area contributed by atoms with Crippen LogP contribution in [0.2, 0.25) is 0 Å². The summed E-state index contributed by atoms with van der Waals surface area (Å²) < 4.78 is 0. The van der Waals surface area contributed by atoms with E-state index in [0.29, 0.717) is 5.69 Å². The van der Waals surface area contributed by atoms with Gasteiger partial charge in [0.25, 0.3) is 0 Å². The molecule has 0 atom stereocenters. The van der Waals surface area contributed by atoms with E-state index < -0.39 is 0 Å². The summed E-state index contributed by atoms with van der Waals surface area (Å²) in [4.78, 5) is 0. The van der Waals surface area contributed by atoms with Crippen molar-refractivity contribution in [2.24, 2.45) is 0 Å². The Morgan fingerprint density at radius 3 is 2.73 bits per heavy atom. The van der Waals surface area contributed by atoms with Crippen molar-refractivity contribution in [1.29, 1.82) is 0 Å². The molecule has 0 bridgehead atoms. The van der Waals surface area contributed by atoms with Gasteiger partial charge in [0.1, 0.15) is 5.69 Å². The lowest BCUT2D eigenvalue weighted by atomic mass is 10.2. The zero-order valence-electron chi connectivity index (χ0n) is 8.09. The highest BCUT2D eigenvalue weighted by Gasteiger charge is 1.97. The largest absolute Gasteiger partial charge is 0.347 e. The average Bonchev–Trinajstić information content (AvgIpc) is 2.31. The first-order valence-electron chi connectivity index (χ1n) is 4.52. The van der Waals surface area contributed by atoms with Crippen molar-refractivity contribution < 1.29 is 0 Å². The van der Waals surface area contributed by atoms with Gasteiger partial charge < -0.3 is 5.32 Å². The third kappa shape index (κ3) is 2.10. The van der Waals surface area contributed by atoms with Crippen LogP contribution in [0.3, 0.4) is 0 Å². The fraction of sp³-hybridized carbons (Fsp3) is 0. The molecule has 2 rings (SSSR count). The first kappa shape index (κ1) is 9.19. The fourth-order valence-electron chi connectivity index (χ4n) is 1.24. The van der Waals surface area contributed by atoms with Gasteiger partial charge >= 0.3 is 0 Å². The molecule has 1 nitrogen and oxygen atoms in total. The maximum atomic E-state index is 3.75. The number of hydrogen-bond donors (Lipinski definition) is 1. The Labute approximate surface area is 90.1 Å². The first-order chi connectivity index (χ1) is 7.40. The maximum Gasteiger partial charge on any atom is 0.108 e. The smallest absolute Gasteiger partial charge is 0.108 e. The van der Waals surface area contributed by atoms with Gasteiger partial charge in [-0.2, -0.15) is 0 Å². The molecule has 2 aromatic carbocycles. The third-order valence-electron chi connectivity index (χ3n) is 1.94. The van der Waals surface area contributed by atoms with E-state index in [1.54, 1.807) is 6.08 Å². The second kappa shape index (κ2) is 4.22. The van der Waals surface area contributed by atoms with Crippen LogP contribution in [0.5, 0.6) is 0 Å². The lowest BCUT2D eigenvalue weighted by molar-refractivity contribution is 1.54. The zero-order chi connectivity index (χ0) is 10.5. The lowest BCUT2D eigenvalue weighted by Gasteiger charge is -2.06. The van der Waals surface area contributed by atoms with Crippen molar-refractivity contribution in [2.75, 3.05) is 5.32 Å². The molecule has 15 heavy (non-hydrogen) atoms. The lowest BCUT2D eigenvalue weighted by Crippen LogP contribution is -1.91. The van der Waals surface area contributed by atoms with E-state index in [2.05, 4.69) is 42.2 Å². The van der Waals surface area contributed by atoms with E-state index in [0.717, 1.165) is 11.3 Å². The minimum absolute atomic E-state index is 0.697. The van der Waals surface area contributed by atoms with Gasteiger partial charge in [-0.25, -0.2) is 0 Å². The molecule has 0 saturated heterocycles. The van der Waals surface area contributed by atoms with Crippen LogP contribution in [-0.2, 0) is 0 Å². The maximum absolute atomic E-state index is 3.75. The quantitative estimate of drug-likeness (QED) is 0.784. The van der Waals surface area contributed by atoms with E-state index >= 15 is 0 Å². The van der Waals surface area contributed by atoms with E-state index in [-0.39, 0.29) is 0 Å². The normalized spacial score (nSPS) is 8.53. The van der Waals surface area contributed by atoms with Crippen LogP contribution in [0.1, 0.15) is 5.56 Å². The Kier molecular flexibility index (Phi) is 2.59. The first-order valence-corrected chi connectivity index (χ1v) is 4.52. The number of rotatable bonds is 3. The summed E-state index contributed by atoms with van der Waals surface area (Å²) in [5.41, 5.74) is 2.70. The molecule has 2 aromatic rings. The number of para-hydroxylation sites is 1. The highest BCUT2D eigenvalue weighted by molar-refractivity contribution is 5.70. The van der Waals surface area contributed by atoms with Crippen molar-refractivity contribution in [3.05, 3.63) is 66.7 Å². The molecule has 1 radical (unpaired) electrons. The van der Waals surface area contributed by atoms with Crippen molar-refractivity contribution >= 4 is 17.5 Å². The molecule has 0 unspecified atom stereocenters. The number of anilines is 2. The van der Waals surface area contributed by atoms with Gasteiger partial charge in [-0.3, -0.25) is 0 Å². The van der Waals surface area contributed by atoms with E-state index in [9.17, 15) is 0 Å². The van der Waals surface area contributed by atoms with Crippen LogP contribution in [-0.4, -0.2) is 0 Å². The zero-order valence-corrected chi connectivity index (χ0v) is 8.09. The molecule has 0 spiro atoms. The summed E-state index contributed by atoms with van der Waals surface area (Å²) in [6, 6.07) is 21.6. The van der Waals surface area contributed by atoms with Crippen molar-refractivity contribution in [1.82, 2.24) is 0 Å². The topological polar surface area (TPSA) is 12.0 Å². The number of benzene rings is 1. The highest BCUT2D eigenvalue weighted by atomic mass is 14.9. The third-order valence-corrected chi connectivity index (χ3v) is 1.94. The van der Waals surface area contributed by atoms with E-state index in [4.69, 9.17) is 0 Å². The highest BCUT2D eigenvalue weighted by Crippen LogP contribution is 2.19. The van der Waals surface area contributed by atoms with Gasteiger partial charge in [0.2, 0.25) is 0 Å². The summed E-state index contributed by atoms with van der Waals surface area (Å²) >= 11 is 0. The SMILES string of the molecule is C=Cc1ccccc1Nc1[c]c#cc#c1. The van der Waals surface area contributed by atoms with Gasteiger partial charge in [0, 0.05) is 5.69 Å². The van der Waals surface area contributed by atoms with Crippen LogP contribution >= 0.6 is 0 Å². The average molecular weight is 190 g/mol. The minimum atomic E-state index is 0.697. The fourth-order valence-corrected chi connectivity index (χ4v) is 1.24. The molecule has 0 aliphatic carbocycles. The molecule has 1 N–H and O–H groups in total. The van der Waals surface area contributed by atoms with E-state index in [1.807, 2.05) is 24.3 Å². The van der Waals surface area contributed by atoms with Gasteiger partial charge in [0.05, 0.1) is 6.07 Å². The van der Waals surface area contributed by atoms with Gasteiger partial charge in [-0.05, 0) is 35.9 Å². The summed E-state index contributed by atoms with van der Waals surface area (Å²) in [6.07, 6.45) is 1.80. The summed E-state index contributed by atoms with van der Waals surface area (Å²) in [5.74, 6) is 0. The van der Waals surface area contributed by atoms with Gasteiger partial charge in [-0.15, -0.1) is 0 Å². The molecule has 0 aliphatic heterocycles. The van der Waals surface area contributed by atoms with Gasteiger partial charge in [0.15, 0.2) is 0 Å². The molecule has 0 aliphatic rings. The molecular weight excluding hydrogens is 182 g/mol. The molecule has 69 valence electrons. The van der Waals surface area contributed by atoms with Crippen LogP contribution in [0.15, 0.2) is 30.8 Å². The molecule has 0 heterocycles. The monoisotopic (exact) mass is 190 g/mol. The summed E-state index contributed by atoms with van der Waals surface area (Å²) in [6.45, 7) is 3.75. The predicted octanol–water partition coefficient (Wildman–Crippen LogP) is 3.07. The Hall–Kier alpha value is -2.38. The van der Waals surface area contributed by atoms with Crippen LogP contribution in [0.25, 0.3) is 6.08 Å². The minimum Gasteiger partial charge on any atom is -0.347 e. The number of hydrogen-bond acceptors (Lipinski definition) is 1. The number of nitrogens with one attached hydrogen (secondary N) is 1. The standard InChI is InChI=1S/C14H8N/c1-2-12-8-6-7-11-14(12)15-13-9-4-3-5-10-13/h2,6-8,11,15H,1H2. The van der Waals surface area contributed by atoms with Gasteiger partial charge in [-0.1, -0.05) is 30.9 Å². The summed E-state index contributed by atoms with van der Waals surface area (Å²) in [5, 5.41) is 3.16. The van der Waals surface area contributed by atoms with Crippen LogP contribution < -0.4 is 5.32 Å². The Bertz CT molecular complexity index is 446. The molecule has 0 amide bonds. The molecular formula is C14H8N. The molecule has 0 fully saturated rings. The van der Waals surface area contributed by atoms with E-state index in [1.165, 1.54) is 0 Å². The Morgan fingerprint density at radius 2 is 2.00 bits per heavy atom. The Balaban J connectivity index is 2.28. The second-order valence-corrected chi connectivity index (χ2v) is 2.92. The molecule has 1 heteroatoms. The summed E-state index contributed by atoms with van der Waals surface area (Å²) in [7, 11) is 0. The van der Waals surface area contributed by atoms with Crippen molar-refractivity contribution in [3.63, 3.8) is 0 Å². The van der Waals surface area contributed by atoms with Crippen molar-refractivity contribution in [3.8, 4) is 0 Å². The second-order valence-electron chi connectivity index (χ2n) is 2.92. The predicted molar refractivity (Wildman–Crippen MR) is 60.4 cm³/mol. The van der Waals surface area contributed by atoms with Crippen molar-refractivity contribution in [2.45, 2.75) is 0 Å².